The molecule has 1 fully saturated rings. The molecular weight excluding hydrogens is 274 g/mol. The van der Waals surface area contributed by atoms with Gasteiger partial charge in [0.2, 0.25) is 10.0 Å². The second-order valence-corrected chi connectivity index (χ2v) is 7.23. The van der Waals surface area contributed by atoms with Crippen molar-refractivity contribution < 1.29 is 13.5 Å². The first kappa shape index (κ1) is 15.5. The van der Waals surface area contributed by atoms with Crippen LogP contribution in [0.25, 0.3) is 0 Å². The van der Waals surface area contributed by atoms with Crippen molar-refractivity contribution in [3.8, 4) is 0 Å². The molecule has 0 spiro atoms. The van der Waals surface area contributed by atoms with Crippen LogP contribution in [0.2, 0.25) is 0 Å². The van der Waals surface area contributed by atoms with Crippen molar-refractivity contribution in [1.82, 2.24) is 0 Å². The van der Waals surface area contributed by atoms with E-state index in [0.717, 1.165) is 6.42 Å². The Morgan fingerprint density at radius 3 is 2.45 bits per heavy atom. The molecule has 5 heteroatoms. The Bertz CT molecular complexity index is 536. The summed E-state index contributed by atoms with van der Waals surface area (Å²) in [5, 5.41) is 14.9. The summed E-state index contributed by atoms with van der Waals surface area (Å²) in [7, 11) is -3.74. The van der Waals surface area contributed by atoms with Crippen molar-refractivity contribution in [2.75, 3.05) is 6.61 Å². The number of hydrogen-bond acceptors (Lipinski definition) is 3. The average molecular weight is 297 g/mol. The van der Waals surface area contributed by atoms with E-state index in [1.165, 1.54) is 38.2 Å². The molecule has 3 N–H and O–H groups in total. The van der Waals surface area contributed by atoms with E-state index in [-0.39, 0.29) is 17.4 Å². The molecule has 0 bridgehead atoms. The van der Waals surface area contributed by atoms with Gasteiger partial charge in [-0.15, -0.1) is 0 Å². The van der Waals surface area contributed by atoms with Gasteiger partial charge in [-0.2, -0.15) is 0 Å². The van der Waals surface area contributed by atoms with E-state index in [4.69, 9.17) is 5.14 Å². The lowest BCUT2D eigenvalue weighted by atomic mass is 9.81. The van der Waals surface area contributed by atoms with Gasteiger partial charge in [0.25, 0.3) is 0 Å². The van der Waals surface area contributed by atoms with Gasteiger partial charge in [-0.1, -0.05) is 50.3 Å². The second kappa shape index (κ2) is 6.70. The van der Waals surface area contributed by atoms with Crippen LogP contribution in [0.3, 0.4) is 0 Å². The van der Waals surface area contributed by atoms with Gasteiger partial charge < -0.3 is 5.11 Å². The van der Waals surface area contributed by atoms with E-state index in [2.05, 4.69) is 0 Å². The normalized spacial score (nSPS) is 18.9. The first-order valence-corrected chi connectivity index (χ1v) is 8.79. The van der Waals surface area contributed by atoms with Gasteiger partial charge >= 0.3 is 0 Å². The molecule has 0 amide bonds. The van der Waals surface area contributed by atoms with E-state index in [0.29, 0.717) is 11.5 Å². The molecule has 1 aliphatic carbocycles. The fraction of sp³-hybridized carbons (Fsp3) is 0.600. The lowest BCUT2D eigenvalue weighted by molar-refractivity contribution is 0.225. The number of hydrogen-bond donors (Lipinski definition) is 2. The summed E-state index contributed by atoms with van der Waals surface area (Å²) < 4.78 is 23.3. The van der Waals surface area contributed by atoms with Crippen molar-refractivity contribution in [2.45, 2.75) is 49.3 Å². The predicted octanol–water partition coefficient (Wildman–Crippen LogP) is 2.38. The zero-order valence-electron chi connectivity index (χ0n) is 11.7. The van der Waals surface area contributed by atoms with E-state index in [1.54, 1.807) is 18.2 Å². The molecule has 112 valence electrons. The Morgan fingerprint density at radius 1 is 1.20 bits per heavy atom. The summed E-state index contributed by atoms with van der Waals surface area (Å²) in [6, 6.07) is 6.75. The molecule has 20 heavy (non-hydrogen) atoms. The lowest BCUT2D eigenvalue weighted by Gasteiger charge is -2.26. The Labute approximate surface area is 121 Å². The fourth-order valence-corrected chi connectivity index (χ4v) is 4.03. The Balaban J connectivity index is 2.23. The maximum Gasteiger partial charge on any atom is 0.238 e. The highest BCUT2D eigenvalue weighted by atomic mass is 32.2. The van der Waals surface area contributed by atoms with Crippen molar-refractivity contribution in [2.24, 2.45) is 11.1 Å². The molecule has 1 aliphatic rings. The van der Waals surface area contributed by atoms with Crippen LogP contribution in [0.15, 0.2) is 29.2 Å². The fourth-order valence-electron chi connectivity index (χ4n) is 3.20. The molecule has 0 unspecified atom stereocenters. The molecule has 2 rings (SSSR count). The molecule has 1 aromatic carbocycles. The molecule has 0 aromatic heterocycles. The quantitative estimate of drug-likeness (QED) is 0.875. The van der Waals surface area contributed by atoms with Crippen molar-refractivity contribution in [1.29, 1.82) is 0 Å². The molecule has 0 heterocycles. The van der Waals surface area contributed by atoms with Crippen molar-refractivity contribution in [3.63, 3.8) is 0 Å². The zero-order chi connectivity index (χ0) is 14.6. The minimum absolute atomic E-state index is 0.0387. The zero-order valence-corrected chi connectivity index (χ0v) is 12.5. The van der Waals surface area contributed by atoms with E-state index in [9.17, 15) is 13.5 Å². The minimum atomic E-state index is -3.74. The summed E-state index contributed by atoms with van der Waals surface area (Å²) in [4.78, 5) is 0.148. The third-order valence-electron chi connectivity index (χ3n) is 4.23. The molecule has 1 atom stereocenters. The monoisotopic (exact) mass is 297 g/mol. The number of benzene rings is 1. The van der Waals surface area contributed by atoms with Gasteiger partial charge in [0.05, 0.1) is 4.90 Å². The standard InChI is InChI=1S/C15H23NO3S/c16-20(18,19)15-9-5-4-8-14(15)13(11-17)10-12-6-2-1-3-7-12/h4-5,8-9,12-13,17H,1-3,6-7,10-11H2,(H2,16,18,19)/t13-/m1/s1. The highest BCUT2D eigenvalue weighted by Gasteiger charge is 2.24. The molecule has 1 aromatic rings. The average Bonchev–Trinajstić information content (AvgIpc) is 2.45. The van der Waals surface area contributed by atoms with Crippen LogP contribution in [0.5, 0.6) is 0 Å². The topological polar surface area (TPSA) is 80.4 Å². The van der Waals surface area contributed by atoms with Crippen molar-refractivity contribution in [3.05, 3.63) is 29.8 Å². The van der Waals surface area contributed by atoms with E-state index in [1.807, 2.05) is 0 Å². The maximum absolute atomic E-state index is 11.7. The molecule has 0 aliphatic heterocycles. The number of rotatable bonds is 5. The van der Waals surface area contributed by atoms with Crippen LogP contribution >= 0.6 is 0 Å². The van der Waals surface area contributed by atoms with Gasteiger partial charge in [0.1, 0.15) is 0 Å². The highest BCUT2D eigenvalue weighted by Crippen LogP contribution is 2.34. The summed E-state index contributed by atoms with van der Waals surface area (Å²) in [6.45, 7) is -0.0387. The summed E-state index contributed by atoms with van der Waals surface area (Å²) in [5.74, 6) is 0.432. The van der Waals surface area contributed by atoms with Gasteiger partial charge in [-0.25, -0.2) is 13.6 Å². The van der Waals surface area contributed by atoms with Gasteiger partial charge in [-0.3, -0.25) is 0 Å². The van der Waals surface area contributed by atoms with Gasteiger partial charge in [-0.05, 0) is 24.0 Å². The van der Waals surface area contributed by atoms with Gasteiger partial charge in [0, 0.05) is 12.5 Å². The van der Waals surface area contributed by atoms with E-state index < -0.39 is 10.0 Å². The predicted molar refractivity (Wildman–Crippen MR) is 78.8 cm³/mol. The highest BCUT2D eigenvalue weighted by molar-refractivity contribution is 7.89. The number of nitrogens with two attached hydrogens (primary N) is 1. The lowest BCUT2D eigenvalue weighted by Crippen LogP contribution is -2.19. The van der Waals surface area contributed by atoms with Crippen LogP contribution in [-0.4, -0.2) is 20.1 Å². The summed E-state index contributed by atoms with van der Waals surface area (Å²) in [6.07, 6.45) is 6.94. The van der Waals surface area contributed by atoms with Crippen LogP contribution in [0, 0.1) is 5.92 Å². The molecule has 4 nitrogen and oxygen atoms in total. The molecule has 1 saturated carbocycles. The number of primary sulfonamides is 1. The largest absolute Gasteiger partial charge is 0.396 e. The smallest absolute Gasteiger partial charge is 0.238 e. The third kappa shape index (κ3) is 3.81. The first-order valence-electron chi connectivity index (χ1n) is 7.25. The van der Waals surface area contributed by atoms with Crippen molar-refractivity contribution >= 4 is 10.0 Å². The SMILES string of the molecule is NS(=O)(=O)c1ccccc1[C@@H](CO)CC1CCCCC1. The van der Waals surface area contributed by atoms with E-state index >= 15 is 0 Å². The second-order valence-electron chi connectivity index (χ2n) is 5.70. The maximum atomic E-state index is 11.7. The molecular formula is C15H23NO3S. The molecule has 0 radical (unpaired) electrons. The van der Waals surface area contributed by atoms with Crippen LogP contribution in [0.4, 0.5) is 0 Å². The summed E-state index contributed by atoms with van der Waals surface area (Å²) in [5.41, 5.74) is 0.656. The summed E-state index contributed by atoms with van der Waals surface area (Å²) >= 11 is 0. The van der Waals surface area contributed by atoms with Crippen LogP contribution in [0.1, 0.15) is 50.0 Å². The number of sulfonamides is 1. The minimum Gasteiger partial charge on any atom is -0.396 e. The van der Waals surface area contributed by atoms with Crippen LogP contribution < -0.4 is 5.14 Å². The molecule has 0 saturated heterocycles. The van der Waals surface area contributed by atoms with Crippen LogP contribution in [-0.2, 0) is 10.0 Å². The Morgan fingerprint density at radius 2 is 1.85 bits per heavy atom. The Kier molecular flexibility index (Phi) is 5.18. The van der Waals surface area contributed by atoms with Gasteiger partial charge in [0.15, 0.2) is 0 Å². The first-order chi connectivity index (χ1) is 9.52. The number of aliphatic hydroxyl groups excluding tert-OH is 1. The number of aliphatic hydroxyl groups is 1. The Hall–Kier alpha value is -0.910. The third-order valence-corrected chi connectivity index (χ3v) is 5.21.